The van der Waals surface area contributed by atoms with E-state index in [1.807, 2.05) is 13.8 Å². The molecule has 0 aliphatic carbocycles. The number of amides is 1. The Kier molecular flexibility index (Phi) is 9.91. The Morgan fingerprint density at radius 2 is 1.93 bits per heavy atom. The van der Waals surface area contributed by atoms with Crippen molar-refractivity contribution in [2.45, 2.75) is 34.3 Å². The van der Waals surface area contributed by atoms with Gasteiger partial charge < -0.3 is 19.1 Å². The van der Waals surface area contributed by atoms with Crippen LogP contribution in [0.15, 0.2) is 51.5 Å². The van der Waals surface area contributed by atoms with E-state index in [1.165, 1.54) is 24.1 Å². The van der Waals surface area contributed by atoms with Crippen LogP contribution in [0.25, 0.3) is 6.08 Å². The Bertz CT molecular complexity index is 943. The average Bonchev–Trinajstić information content (AvgIpc) is 3.30. The summed E-state index contributed by atoms with van der Waals surface area (Å²) in [5, 5.41) is 14.5. The molecule has 0 atom stereocenters. The van der Waals surface area contributed by atoms with Gasteiger partial charge in [-0.15, -0.1) is 0 Å². The highest BCUT2D eigenvalue weighted by Gasteiger charge is 2.29. The van der Waals surface area contributed by atoms with E-state index < -0.39 is 5.97 Å². The van der Waals surface area contributed by atoms with E-state index in [0.29, 0.717) is 35.1 Å². The molecule has 0 radical (unpaired) electrons. The number of carbonyl (C=O) groups is 3. The third-order valence-electron chi connectivity index (χ3n) is 3.66. The number of furan rings is 1. The van der Waals surface area contributed by atoms with Crippen LogP contribution in [0.4, 0.5) is 5.69 Å². The highest BCUT2D eigenvalue weighted by atomic mass is 16.5. The van der Waals surface area contributed by atoms with Gasteiger partial charge in [-0.2, -0.15) is 10.1 Å². The van der Waals surface area contributed by atoms with Crippen LogP contribution < -0.4 is 5.01 Å². The minimum Gasteiger partial charge on any atom is -0.478 e. The number of rotatable bonds is 5. The van der Waals surface area contributed by atoms with Crippen LogP contribution in [-0.4, -0.2) is 36.1 Å². The third kappa shape index (κ3) is 6.25. The molecular formula is C22H26N2O6. The number of carboxylic acids is 1. The van der Waals surface area contributed by atoms with Crippen LogP contribution in [0.5, 0.6) is 0 Å². The zero-order valence-electron chi connectivity index (χ0n) is 17.7. The van der Waals surface area contributed by atoms with Crippen molar-refractivity contribution in [1.82, 2.24) is 0 Å². The Labute approximate surface area is 175 Å². The maximum atomic E-state index is 12.7. The van der Waals surface area contributed by atoms with E-state index in [2.05, 4.69) is 5.10 Å². The summed E-state index contributed by atoms with van der Waals surface area (Å²) in [5.74, 6) is -0.234. The van der Waals surface area contributed by atoms with Gasteiger partial charge in [0.05, 0.1) is 22.5 Å². The Morgan fingerprint density at radius 3 is 2.53 bits per heavy atom. The van der Waals surface area contributed by atoms with Crippen LogP contribution in [0, 0.1) is 0 Å². The van der Waals surface area contributed by atoms with Gasteiger partial charge >= 0.3 is 5.97 Å². The van der Waals surface area contributed by atoms with Crippen molar-refractivity contribution in [2.24, 2.45) is 5.10 Å². The molecule has 0 fully saturated rings. The summed E-state index contributed by atoms with van der Waals surface area (Å²) in [4.78, 5) is 32.6. The lowest BCUT2D eigenvalue weighted by molar-refractivity contribution is -0.114. The van der Waals surface area contributed by atoms with Crippen molar-refractivity contribution in [1.29, 1.82) is 0 Å². The maximum absolute atomic E-state index is 12.7. The topological polar surface area (TPSA) is 109 Å². The molecule has 1 aromatic heterocycles. The number of methoxy groups -OCH3 is 1. The first-order valence-corrected chi connectivity index (χ1v) is 9.33. The first-order chi connectivity index (χ1) is 14.4. The van der Waals surface area contributed by atoms with Gasteiger partial charge in [-0.1, -0.05) is 19.9 Å². The molecule has 1 aliphatic heterocycles. The molecule has 1 aromatic carbocycles. The lowest BCUT2D eigenvalue weighted by Gasteiger charge is -2.12. The highest BCUT2D eigenvalue weighted by Crippen LogP contribution is 2.26. The minimum atomic E-state index is -1.06. The molecule has 160 valence electrons. The molecule has 1 amide bonds. The standard InChI is InChI=1S/C18H16N2O5.C2H4O.C2H6/c1-11-16(9-14-6-7-15(25-14)10-24-2)17(21)20(19-11)13-5-3-4-12(8-13)18(22)23;1-2-3;1-2/h3-9H,10H2,1-2H3,(H,22,23);2H,1H3;1-2H3/b16-9-;;. The molecule has 30 heavy (non-hydrogen) atoms. The Morgan fingerprint density at radius 1 is 1.27 bits per heavy atom. The fourth-order valence-corrected chi connectivity index (χ4v) is 2.46. The van der Waals surface area contributed by atoms with Crippen LogP contribution in [-0.2, 0) is 20.9 Å². The van der Waals surface area contributed by atoms with Crippen LogP contribution in [0.2, 0.25) is 0 Å². The second kappa shape index (κ2) is 12.1. The van der Waals surface area contributed by atoms with Crippen molar-refractivity contribution in [3.63, 3.8) is 0 Å². The summed E-state index contributed by atoms with van der Waals surface area (Å²) in [7, 11) is 1.57. The van der Waals surface area contributed by atoms with Crippen molar-refractivity contribution in [3.8, 4) is 0 Å². The second-order valence-electron chi connectivity index (χ2n) is 5.69. The SMILES string of the molecule is CC.CC=O.COCc1ccc(/C=C2\C(=O)N(c3cccc(C(=O)O)c3)N=C2C)o1. The second-order valence-corrected chi connectivity index (χ2v) is 5.69. The van der Waals surface area contributed by atoms with E-state index in [0.717, 1.165) is 6.29 Å². The van der Waals surface area contributed by atoms with Crippen LogP contribution in [0.3, 0.4) is 0 Å². The van der Waals surface area contributed by atoms with Gasteiger partial charge in [-0.3, -0.25) is 4.79 Å². The molecule has 0 bridgehead atoms. The molecule has 2 heterocycles. The molecule has 1 aliphatic rings. The molecule has 0 saturated carbocycles. The molecule has 0 unspecified atom stereocenters. The van der Waals surface area contributed by atoms with Crippen molar-refractivity contribution in [2.75, 3.05) is 12.1 Å². The summed E-state index contributed by atoms with van der Waals surface area (Å²) in [5.41, 5.74) is 1.40. The smallest absolute Gasteiger partial charge is 0.335 e. The van der Waals surface area contributed by atoms with Gasteiger partial charge in [0.15, 0.2) is 0 Å². The summed E-state index contributed by atoms with van der Waals surface area (Å²) in [6, 6.07) is 9.59. The number of ether oxygens (including phenoxy) is 1. The van der Waals surface area contributed by atoms with Crippen molar-refractivity contribution in [3.05, 3.63) is 59.1 Å². The highest BCUT2D eigenvalue weighted by molar-refractivity contribution is 6.32. The molecule has 8 heteroatoms. The summed E-state index contributed by atoms with van der Waals surface area (Å²) < 4.78 is 10.6. The third-order valence-corrected chi connectivity index (χ3v) is 3.66. The molecule has 0 saturated heterocycles. The fourth-order valence-electron chi connectivity index (χ4n) is 2.46. The number of nitrogens with zero attached hydrogens (tertiary/aromatic N) is 2. The average molecular weight is 414 g/mol. The molecule has 1 N–H and O–H groups in total. The number of hydrogen-bond donors (Lipinski definition) is 1. The number of hydrazone groups is 1. The number of aromatic carboxylic acids is 1. The molecule has 8 nitrogen and oxygen atoms in total. The molecule has 2 aromatic rings. The van der Waals surface area contributed by atoms with Gasteiger partial charge in [0.1, 0.15) is 24.4 Å². The summed E-state index contributed by atoms with van der Waals surface area (Å²) in [6.07, 6.45) is 2.36. The van der Waals surface area contributed by atoms with E-state index >= 15 is 0 Å². The van der Waals surface area contributed by atoms with Gasteiger partial charge in [0.2, 0.25) is 0 Å². The quantitative estimate of drug-likeness (QED) is 0.581. The lowest BCUT2D eigenvalue weighted by Crippen LogP contribution is -2.21. The zero-order valence-corrected chi connectivity index (χ0v) is 17.7. The predicted molar refractivity (Wildman–Crippen MR) is 114 cm³/mol. The molecular weight excluding hydrogens is 388 g/mol. The summed E-state index contributed by atoms with van der Waals surface area (Å²) in [6.45, 7) is 7.50. The number of carbonyl (C=O) groups excluding carboxylic acids is 2. The van der Waals surface area contributed by atoms with Gasteiger partial charge in [0, 0.05) is 7.11 Å². The van der Waals surface area contributed by atoms with E-state index in [-0.39, 0.29) is 11.5 Å². The van der Waals surface area contributed by atoms with Gasteiger partial charge in [-0.05, 0) is 50.3 Å². The maximum Gasteiger partial charge on any atom is 0.335 e. The van der Waals surface area contributed by atoms with E-state index in [9.17, 15) is 9.59 Å². The predicted octanol–water partition coefficient (Wildman–Crippen LogP) is 4.16. The number of carboxylic acid groups (broad SMARTS) is 1. The zero-order chi connectivity index (χ0) is 22.7. The van der Waals surface area contributed by atoms with Gasteiger partial charge in [0.25, 0.3) is 5.91 Å². The summed E-state index contributed by atoms with van der Waals surface area (Å²) >= 11 is 0. The Balaban J connectivity index is 0.000000826. The molecule has 0 spiro atoms. The fraction of sp³-hybridized carbons (Fsp3) is 0.273. The number of benzene rings is 1. The van der Waals surface area contributed by atoms with Crippen LogP contribution in [0.1, 0.15) is 49.6 Å². The number of anilines is 1. The van der Waals surface area contributed by atoms with Gasteiger partial charge in [-0.25, -0.2) is 4.79 Å². The minimum absolute atomic E-state index is 0.0887. The normalized spacial score (nSPS) is 13.8. The monoisotopic (exact) mass is 414 g/mol. The first-order valence-electron chi connectivity index (χ1n) is 9.33. The largest absolute Gasteiger partial charge is 0.478 e. The van der Waals surface area contributed by atoms with Crippen molar-refractivity contribution < 1.29 is 28.6 Å². The van der Waals surface area contributed by atoms with E-state index in [4.69, 9.17) is 19.1 Å². The lowest BCUT2D eigenvalue weighted by atomic mass is 10.1. The first kappa shape index (κ1) is 24.5. The number of hydrogen-bond acceptors (Lipinski definition) is 6. The number of aldehydes is 1. The van der Waals surface area contributed by atoms with Crippen molar-refractivity contribution >= 4 is 35.6 Å². The molecule has 3 rings (SSSR count). The van der Waals surface area contributed by atoms with Crippen LogP contribution >= 0.6 is 0 Å². The van der Waals surface area contributed by atoms with E-state index in [1.54, 1.807) is 44.4 Å². The Hall–Kier alpha value is -3.52.